The van der Waals surface area contributed by atoms with Gasteiger partial charge in [-0.15, -0.1) is 0 Å². The van der Waals surface area contributed by atoms with Crippen LogP contribution >= 0.6 is 11.6 Å². The highest BCUT2D eigenvalue weighted by atomic mass is 35.5. The normalized spacial score (nSPS) is 10.4. The quantitative estimate of drug-likeness (QED) is 0.457. The fourth-order valence-corrected chi connectivity index (χ4v) is 1.74. The van der Waals surface area contributed by atoms with E-state index in [1.54, 1.807) is 25.1 Å². The number of para-hydroxylation sites is 1. The van der Waals surface area contributed by atoms with Crippen LogP contribution in [0.2, 0.25) is 5.02 Å². The molecule has 0 spiro atoms. The second-order valence-electron chi connectivity index (χ2n) is 4.19. The molecule has 4 nitrogen and oxygen atoms in total. The topological polar surface area (TPSA) is 52.6 Å². The number of hydrogen-bond donors (Lipinski definition) is 0. The van der Waals surface area contributed by atoms with Crippen molar-refractivity contribution in [3.63, 3.8) is 0 Å². The highest BCUT2D eigenvalue weighted by Gasteiger charge is 2.19. The third-order valence-electron chi connectivity index (χ3n) is 2.23. The molecule has 5 heteroatoms. The van der Waals surface area contributed by atoms with Crippen LogP contribution in [0.4, 0.5) is 0 Å². The molecule has 104 valence electrons. The summed E-state index contributed by atoms with van der Waals surface area (Å²) in [6.45, 7) is 5.61. The van der Waals surface area contributed by atoms with E-state index in [0.717, 1.165) is 0 Å². The van der Waals surface area contributed by atoms with Gasteiger partial charge in [0.2, 0.25) is 0 Å². The Bertz CT molecular complexity index is 469. The molecule has 0 saturated carbocycles. The number of benzene rings is 1. The van der Waals surface area contributed by atoms with Gasteiger partial charge in [-0.2, -0.15) is 0 Å². The zero-order valence-corrected chi connectivity index (χ0v) is 12.0. The lowest BCUT2D eigenvalue weighted by Gasteiger charge is -2.14. The highest BCUT2D eigenvalue weighted by molar-refractivity contribution is 6.32. The molecule has 0 aliphatic carbocycles. The van der Waals surface area contributed by atoms with Gasteiger partial charge in [0.15, 0.2) is 5.78 Å². The Morgan fingerprint density at radius 2 is 2.00 bits per heavy atom. The molecule has 0 radical (unpaired) electrons. The SMILES string of the molecule is CCOC(=O)CC(=O)c1cccc(Cl)c1OC(C)C. The van der Waals surface area contributed by atoms with Crippen LogP contribution in [0.5, 0.6) is 5.75 Å². The first-order chi connectivity index (χ1) is 8.95. The molecule has 0 aliphatic rings. The van der Waals surface area contributed by atoms with Crippen molar-refractivity contribution in [3.8, 4) is 5.75 Å². The predicted molar refractivity (Wildman–Crippen MR) is 72.8 cm³/mol. The Labute approximate surface area is 117 Å². The van der Waals surface area contributed by atoms with Gasteiger partial charge in [0.25, 0.3) is 0 Å². The summed E-state index contributed by atoms with van der Waals surface area (Å²) in [5.74, 6) is -0.604. The second-order valence-corrected chi connectivity index (χ2v) is 4.60. The van der Waals surface area contributed by atoms with Gasteiger partial charge in [0.05, 0.1) is 23.3 Å². The number of carbonyl (C=O) groups is 2. The van der Waals surface area contributed by atoms with Gasteiger partial charge in [0, 0.05) is 0 Å². The van der Waals surface area contributed by atoms with E-state index in [0.29, 0.717) is 16.3 Å². The van der Waals surface area contributed by atoms with Gasteiger partial charge < -0.3 is 9.47 Å². The van der Waals surface area contributed by atoms with Crippen molar-refractivity contribution >= 4 is 23.4 Å². The largest absolute Gasteiger partial charge is 0.489 e. The molecule has 0 bridgehead atoms. The Morgan fingerprint density at radius 1 is 1.32 bits per heavy atom. The molecule has 0 aliphatic heterocycles. The number of esters is 1. The number of ketones is 1. The first-order valence-electron chi connectivity index (χ1n) is 6.09. The molecule has 0 amide bonds. The zero-order valence-electron chi connectivity index (χ0n) is 11.2. The molecule has 0 fully saturated rings. The standard InChI is InChI=1S/C14H17ClO4/c1-4-18-13(17)8-12(16)10-6-5-7-11(15)14(10)19-9(2)3/h5-7,9H,4,8H2,1-3H3. The molecular formula is C14H17ClO4. The third kappa shape index (κ3) is 4.56. The number of carbonyl (C=O) groups excluding carboxylic acids is 2. The summed E-state index contributed by atoms with van der Waals surface area (Å²) >= 11 is 6.02. The Balaban J connectivity index is 2.96. The maximum Gasteiger partial charge on any atom is 0.313 e. The predicted octanol–water partition coefficient (Wildman–Crippen LogP) is 3.26. The fraction of sp³-hybridized carbons (Fsp3) is 0.429. The van der Waals surface area contributed by atoms with Crippen molar-refractivity contribution in [1.82, 2.24) is 0 Å². The molecule has 0 atom stereocenters. The first-order valence-corrected chi connectivity index (χ1v) is 6.47. The first kappa shape index (κ1) is 15.5. The minimum atomic E-state index is -0.553. The molecule has 0 heterocycles. The van der Waals surface area contributed by atoms with Crippen molar-refractivity contribution in [1.29, 1.82) is 0 Å². The Kier molecular flexibility index (Phi) is 5.83. The number of hydrogen-bond acceptors (Lipinski definition) is 4. The minimum absolute atomic E-state index is 0.117. The second kappa shape index (κ2) is 7.14. The summed E-state index contributed by atoms with van der Waals surface area (Å²) in [5, 5.41) is 0.350. The smallest absolute Gasteiger partial charge is 0.313 e. The third-order valence-corrected chi connectivity index (χ3v) is 2.53. The van der Waals surface area contributed by atoms with E-state index in [4.69, 9.17) is 21.1 Å². The summed E-state index contributed by atoms with van der Waals surface area (Å²) in [7, 11) is 0. The van der Waals surface area contributed by atoms with E-state index in [1.807, 2.05) is 13.8 Å². The lowest BCUT2D eigenvalue weighted by atomic mass is 10.1. The van der Waals surface area contributed by atoms with E-state index in [2.05, 4.69) is 0 Å². The van der Waals surface area contributed by atoms with Crippen molar-refractivity contribution in [3.05, 3.63) is 28.8 Å². The summed E-state index contributed by atoms with van der Waals surface area (Å²) in [6.07, 6.45) is -0.433. The number of halogens is 1. The average molecular weight is 285 g/mol. The molecule has 1 rings (SSSR count). The summed E-state index contributed by atoms with van der Waals surface area (Å²) < 4.78 is 10.3. The van der Waals surface area contributed by atoms with Crippen molar-refractivity contribution in [2.75, 3.05) is 6.61 Å². The van der Waals surface area contributed by atoms with Crippen molar-refractivity contribution < 1.29 is 19.1 Å². The lowest BCUT2D eigenvalue weighted by Crippen LogP contribution is -2.14. The molecule has 19 heavy (non-hydrogen) atoms. The van der Waals surface area contributed by atoms with E-state index in [9.17, 15) is 9.59 Å². The zero-order chi connectivity index (χ0) is 14.4. The van der Waals surface area contributed by atoms with Crippen LogP contribution in [0.15, 0.2) is 18.2 Å². The summed E-state index contributed by atoms with van der Waals surface area (Å²) in [4.78, 5) is 23.4. The van der Waals surface area contributed by atoms with Crippen LogP contribution in [-0.4, -0.2) is 24.5 Å². The lowest BCUT2D eigenvalue weighted by molar-refractivity contribution is -0.141. The van der Waals surface area contributed by atoms with E-state index >= 15 is 0 Å². The van der Waals surface area contributed by atoms with Gasteiger partial charge >= 0.3 is 5.97 Å². The van der Waals surface area contributed by atoms with Crippen LogP contribution in [0.3, 0.4) is 0 Å². The van der Waals surface area contributed by atoms with Crippen molar-refractivity contribution in [2.24, 2.45) is 0 Å². The van der Waals surface area contributed by atoms with Gasteiger partial charge in [-0.05, 0) is 32.9 Å². The molecule has 1 aromatic carbocycles. The van der Waals surface area contributed by atoms with E-state index in [-0.39, 0.29) is 24.9 Å². The highest BCUT2D eigenvalue weighted by Crippen LogP contribution is 2.30. The van der Waals surface area contributed by atoms with Crippen LogP contribution in [0.1, 0.15) is 37.6 Å². The van der Waals surface area contributed by atoms with Crippen molar-refractivity contribution in [2.45, 2.75) is 33.3 Å². The number of ether oxygens (including phenoxy) is 2. The molecule has 1 aromatic rings. The molecule has 0 saturated heterocycles. The van der Waals surface area contributed by atoms with Gasteiger partial charge in [-0.1, -0.05) is 17.7 Å². The molecular weight excluding hydrogens is 268 g/mol. The van der Waals surface area contributed by atoms with Gasteiger partial charge in [-0.25, -0.2) is 0 Å². The number of Topliss-reactive ketones (excluding diaryl/α,β-unsaturated/α-hetero) is 1. The van der Waals surface area contributed by atoms with Crippen LogP contribution in [0.25, 0.3) is 0 Å². The van der Waals surface area contributed by atoms with E-state index < -0.39 is 5.97 Å². The van der Waals surface area contributed by atoms with Gasteiger partial charge in [-0.3, -0.25) is 9.59 Å². The monoisotopic (exact) mass is 284 g/mol. The maximum absolute atomic E-state index is 12.0. The van der Waals surface area contributed by atoms with Gasteiger partial charge in [0.1, 0.15) is 12.2 Å². The van der Waals surface area contributed by atoms with Crippen LogP contribution < -0.4 is 4.74 Å². The fourth-order valence-electron chi connectivity index (χ4n) is 1.52. The molecule has 0 unspecified atom stereocenters. The van der Waals surface area contributed by atoms with Crippen LogP contribution in [-0.2, 0) is 9.53 Å². The molecule has 0 aromatic heterocycles. The summed E-state index contributed by atoms with van der Waals surface area (Å²) in [6, 6.07) is 4.87. The Hall–Kier alpha value is -1.55. The maximum atomic E-state index is 12.0. The van der Waals surface area contributed by atoms with Crippen LogP contribution in [0, 0.1) is 0 Å². The minimum Gasteiger partial charge on any atom is -0.489 e. The average Bonchev–Trinajstić information content (AvgIpc) is 2.31. The summed E-state index contributed by atoms with van der Waals surface area (Å²) in [5.41, 5.74) is 0.300. The molecule has 0 N–H and O–H groups in total. The number of rotatable bonds is 6. The van der Waals surface area contributed by atoms with E-state index in [1.165, 1.54) is 0 Å². The Morgan fingerprint density at radius 3 is 2.58 bits per heavy atom.